The van der Waals surface area contributed by atoms with E-state index in [4.69, 9.17) is 4.98 Å². The first kappa shape index (κ1) is 19.8. The minimum atomic E-state index is -0.414. The summed E-state index contributed by atoms with van der Waals surface area (Å²) in [6, 6.07) is 10.1. The smallest absolute Gasteiger partial charge is 0.155 e. The lowest BCUT2D eigenvalue weighted by Gasteiger charge is -2.13. The highest BCUT2D eigenvalue weighted by Gasteiger charge is 2.15. The van der Waals surface area contributed by atoms with Gasteiger partial charge in [-0.15, -0.1) is 11.3 Å². The summed E-state index contributed by atoms with van der Waals surface area (Å²) in [5, 5.41) is 20.2. The highest BCUT2D eigenvalue weighted by atomic mass is 32.1. The Balaban J connectivity index is 1.54. The lowest BCUT2D eigenvalue weighted by atomic mass is 10.2. The van der Waals surface area contributed by atoms with Crippen LogP contribution in [0.3, 0.4) is 0 Å². The SMILES string of the molecule is CNCCC(O)Cn1cc(-c2cccs2)nc1CCc1nc2cccc(C)n2n1. The molecule has 0 spiro atoms. The molecule has 0 aromatic carbocycles. The van der Waals surface area contributed by atoms with E-state index in [1.165, 1.54) is 0 Å². The fraction of sp³-hybridized carbons (Fsp3) is 0.381. The Kier molecular flexibility index (Phi) is 6.03. The Morgan fingerprint density at radius 3 is 2.83 bits per heavy atom. The molecule has 4 aromatic heterocycles. The van der Waals surface area contributed by atoms with E-state index in [9.17, 15) is 5.11 Å². The number of aliphatic hydroxyl groups is 1. The van der Waals surface area contributed by atoms with Crippen LogP contribution < -0.4 is 5.32 Å². The molecule has 0 amide bonds. The predicted molar refractivity (Wildman–Crippen MR) is 115 cm³/mol. The van der Waals surface area contributed by atoms with Crippen LogP contribution in [0.15, 0.2) is 41.9 Å². The number of hydrogen-bond acceptors (Lipinski definition) is 6. The summed E-state index contributed by atoms with van der Waals surface area (Å²) in [6.45, 7) is 3.35. The predicted octanol–water partition coefficient (Wildman–Crippen LogP) is 2.72. The molecule has 0 radical (unpaired) electrons. The quantitative estimate of drug-likeness (QED) is 0.443. The number of thiophene rings is 1. The molecule has 29 heavy (non-hydrogen) atoms. The zero-order chi connectivity index (χ0) is 20.2. The van der Waals surface area contributed by atoms with Crippen LogP contribution in [0.4, 0.5) is 0 Å². The molecule has 152 valence electrons. The average Bonchev–Trinajstić information content (AvgIpc) is 3.44. The maximum Gasteiger partial charge on any atom is 0.155 e. The molecule has 8 heteroatoms. The van der Waals surface area contributed by atoms with E-state index in [1.807, 2.05) is 48.9 Å². The number of nitrogens with one attached hydrogen (secondary N) is 1. The molecule has 4 aromatic rings. The molecule has 0 aliphatic heterocycles. The Bertz CT molecular complexity index is 1070. The number of rotatable bonds is 9. The fourth-order valence-electron chi connectivity index (χ4n) is 3.39. The van der Waals surface area contributed by atoms with Crippen molar-refractivity contribution in [1.29, 1.82) is 0 Å². The van der Waals surface area contributed by atoms with Gasteiger partial charge in [-0.2, -0.15) is 5.10 Å². The van der Waals surface area contributed by atoms with Crippen molar-refractivity contribution in [1.82, 2.24) is 29.5 Å². The molecule has 0 saturated carbocycles. The third-order valence-corrected chi connectivity index (χ3v) is 5.83. The molecule has 7 nitrogen and oxygen atoms in total. The van der Waals surface area contributed by atoms with Gasteiger partial charge in [-0.1, -0.05) is 12.1 Å². The number of pyridine rings is 1. The molecular formula is C21H26N6OS. The lowest BCUT2D eigenvalue weighted by Crippen LogP contribution is -2.22. The molecule has 0 bridgehead atoms. The van der Waals surface area contributed by atoms with Crippen molar-refractivity contribution in [2.75, 3.05) is 13.6 Å². The van der Waals surface area contributed by atoms with E-state index in [1.54, 1.807) is 11.3 Å². The van der Waals surface area contributed by atoms with E-state index in [-0.39, 0.29) is 0 Å². The maximum absolute atomic E-state index is 10.4. The topological polar surface area (TPSA) is 80.3 Å². The summed E-state index contributed by atoms with van der Waals surface area (Å²) < 4.78 is 3.96. The Morgan fingerprint density at radius 2 is 2.07 bits per heavy atom. The van der Waals surface area contributed by atoms with Crippen LogP contribution in [-0.2, 0) is 19.4 Å². The molecule has 0 fully saturated rings. The number of aromatic nitrogens is 5. The molecule has 0 aliphatic rings. The second-order valence-corrected chi connectivity index (χ2v) is 8.13. The monoisotopic (exact) mass is 410 g/mol. The van der Waals surface area contributed by atoms with E-state index in [2.05, 4.69) is 31.4 Å². The molecule has 2 N–H and O–H groups in total. The highest BCUT2D eigenvalue weighted by Crippen LogP contribution is 2.24. The van der Waals surface area contributed by atoms with Gasteiger partial charge in [0, 0.05) is 31.3 Å². The lowest BCUT2D eigenvalue weighted by molar-refractivity contribution is 0.143. The van der Waals surface area contributed by atoms with Gasteiger partial charge in [0.25, 0.3) is 0 Å². The van der Waals surface area contributed by atoms with Crippen LogP contribution in [0.2, 0.25) is 0 Å². The first-order valence-electron chi connectivity index (χ1n) is 9.88. The summed E-state index contributed by atoms with van der Waals surface area (Å²) in [7, 11) is 1.90. The third kappa shape index (κ3) is 4.55. The molecule has 4 rings (SSSR count). The van der Waals surface area contributed by atoms with Gasteiger partial charge in [0.05, 0.1) is 16.7 Å². The Labute approximate surface area is 174 Å². The van der Waals surface area contributed by atoms with Gasteiger partial charge in [0.2, 0.25) is 0 Å². The standard InChI is InChI=1S/C21H26N6OS/c1-15-5-3-7-21-24-19(25-27(15)21)8-9-20-23-17(18-6-4-12-29-18)14-26(20)13-16(28)10-11-22-2/h3-7,12,14,16,22,28H,8-11,13H2,1-2H3. The first-order valence-corrected chi connectivity index (χ1v) is 10.8. The van der Waals surface area contributed by atoms with E-state index >= 15 is 0 Å². The van der Waals surface area contributed by atoms with Gasteiger partial charge in [0.15, 0.2) is 11.5 Å². The minimum Gasteiger partial charge on any atom is -0.391 e. The molecule has 0 aliphatic carbocycles. The van der Waals surface area contributed by atoms with Gasteiger partial charge in [-0.25, -0.2) is 14.5 Å². The van der Waals surface area contributed by atoms with Crippen molar-refractivity contribution in [3.8, 4) is 10.6 Å². The van der Waals surface area contributed by atoms with Crippen LogP contribution in [0, 0.1) is 6.92 Å². The molecule has 0 saturated heterocycles. The van der Waals surface area contributed by atoms with Crippen LogP contribution in [0.5, 0.6) is 0 Å². The number of aliphatic hydroxyl groups excluding tert-OH is 1. The normalized spacial score (nSPS) is 12.7. The summed E-state index contributed by atoms with van der Waals surface area (Å²) >= 11 is 1.67. The van der Waals surface area contributed by atoms with Gasteiger partial charge in [0.1, 0.15) is 5.82 Å². The van der Waals surface area contributed by atoms with Gasteiger partial charge >= 0.3 is 0 Å². The van der Waals surface area contributed by atoms with E-state index in [0.29, 0.717) is 19.4 Å². The summed E-state index contributed by atoms with van der Waals surface area (Å²) in [4.78, 5) is 10.6. The van der Waals surface area contributed by atoms with E-state index < -0.39 is 6.10 Å². The largest absolute Gasteiger partial charge is 0.391 e. The third-order valence-electron chi connectivity index (χ3n) is 4.93. The molecule has 4 heterocycles. The van der Waals surface area contributed by atoms with Crippen molar-refractivity contribution < 1.29 is 5.11 Å². The van der Waals surface area contributed by atoms with Crippen LogP contribution in [0.1, 0.15) is 23.8 Å². The van der Waals surface area contributed by atoms with Crippen LogP contribution >= 0.6 is 11.3 Å². The maximum atomic E-state index is 10.4. The number of hydrogen-bond donors (Lipinski definition) is 2. The fourth-order valence-corrected chi connectivity index (χ4v) is 4.07. The average molecular weight is 411 g/mol. The Morgan fingerprint density at radius 1 is 1.17 bits per heavy atom. The van der Waals surface area contributed by atoms with Gasteiger partial charge < -0.3 is 15.0 Å². The second kappa shape index (κ2) is 8.86. The number of nitrogens with zero attached hydrogens (tertiary/aromatic N) is 5. The summed E-state index contributed by atoms with van der Waals surface area (Å²) in [5.41, 5.74) is 2.88. The second-order valence-electron chi connectivity index (χ2n) is 7.18. The Hall–Kier alpha value is -2.55. The minimum absolute atomic E-state index is 0.414. The van der Waals surface area contributed by atoms with Gasteiger partial charge in [-0.05, 0) is 50.5 Å². The summed E-state index contributed by atoms with van der Waals surface area (Å²) in [6.07, 6.45) is 3.76. The molecular weight excluding hydrogens is 384 g/mol. The molecule has 1 unspecified atom stereocenters. The van der Waals surface area contributed by atoms with Crippen molar-refractivity contribution >= 4 is 17.0 Å². The summed E-state index contributed by atoms with van der Waals surface area (Å²) in [5.74, 6) is 1.76. The number of imidazole rings is 1. The first-order chi connectivity index (χ1) is 14.1. The zero-order valence-corrected chi connectivity index (χ0v) is 17.6. The number of aryl methyl sites for hydroxylation is 3. The van der Waals surface area contributed by atoms with Crippen molar-refractivity contribution in [2.24, 2.45) is 0 Å². The van der Waals surface area contributed by atoms with Gasteiger partial charge in [-0.3, -0.25) is 0 Å². The van der Waals surface area contributed by atoms with E-state index in [0.717, 1.165) is 46.5 Å². The van der Waals surface area contributed by atoms with Crippen molar-refractivity contribution in [3.05, 3.63) is 59.3 Å². The van der Waals surface area contributed by atoms with Crippen molar-refractivity contribution in [2.45, 2.75) is 38.8 Å². The number of fused-ring (bicyclic) bond motifs is 1. The highest BCUT2D eigenvalue weighted by molar-refractivity contribution is 7.13. The van der Waals surface area contributed by atoms with Crippen LogP contribution in [0.25, 0.3) is 16.2 Å². The van der Waals surface area contributed by atoms with Crippen molar-refractivity contribution in [3.63, 3.8) is 0 Å². The van der Waals surface area contributed by atoms with Crippen LogP contribution in [-0.4, -0.2) is 49.0 Å². The zero-order valence-electron chi connectivity index (χ0n) is 16.7. The molecule has 1 atom stereocenters.